The van der Waals surface area contributed by atoms with Crippen LogP contribution in [0.15, 0.2) is 0 Å². The molecule has 8 heavy (non-hydrogen) atoms. The van der Waals surface area contributed by atoms with Gasteiger partial charge in [-0.25, -0.2) is 5.84 Å². The summed E-state index contributed by atoms with van der Waals surface area (Å²) in [5.74, 6) is 7.08. The van der Waals surface area contributed by atoms with Gasteiger partial charge < -0.3 is 0 Å². The predicted molar refractivity (Wildman–Crippen MR) is 30.4 cm³/mol. The van der Waals surface area contributed by atoms with Crippen LogP contribution in [0.1, 0.15) is 6.92 Å². The summed E-state index contributed by atoms with van der Waals surface area (Å²) in [7, 11) is 0. The summed E-state index contributed by atoms with van der Waals surface area (Å²) in [6.45, 7) is 1.53. The first-order valence-corrected chi connectivity index (χ1v) is 2.14. The Balaban J connectivity index is 3.52. The van der Waals surface area contributed by atoms with Gasteiger partial charge in [-0.3, -0.25) is 9.80 Å². The molecule has 1 amide bonds. The van der Waals surface area contributed by atoms with Gasteiger partial charge >= 0.3 is 0 Å². The van der Waals surface area contributed by atoms with Crippen LogP contribution in [-0.4, -0.2) is 17.5 Å². The van der Waals surface area contributed by atoms with E-state index in [0.29, 0.717) is 0 Å². The van der Waals surface area contributed by atoms with Gasteiger partial charge in [-0.15, -0.1) is 6.42 Å². The summed E-state index contributed by atoms with van der Waals surface area (Å²) >= 11 is 0. The second kappa shape index (κ2) is 3.05. The van der Waals surface area contributed by atoms with Gasteiger partial charge in [0.1, 0.15) is 0 Å². The molecule has 0 aromatic heterocycles. The molecule has 0 rings (SSSR count). The summed E-state index contributed by atoms with van der Waals surface area (Å²) in [6, 6.07) is 0. The molecule has 3 nitrogen and oxygen atoms in total. The largest absolute Gasteiger partial charge is 0.274 e. The standard InChI is InChI=1S/C5H8N2O/c1-3-4-7(6)5(2)8/h1H,4,6H2,2H3. The lowest BCUT2D eigenvalue weighted by Gasteiger charge is -2.07. The number of nitrogens with two attached hydrogens (primary N) is 1. The molecule has 44 valence electrons. The topological polar surface area (TPSA) is 46.3 Å². The van der Waals surface area contributed by atoms with Crippen molar-refractivity contribution in [1.29, 1.82) is 0 Å². The average molecular weight is 112 g/mol. The van der Waals surface area contributed by atoms with Gasteiger partial charge in [0, 0.05) is 6.92 Å². The average Bonchev–Trinajstić information content (AvgIpc) is 1.67. The SMILES string of the molecule is C#CCN(N)C(C)=O. The third-order valence-corrected chi connectivity index (χ3v) is 0.666. The molecule has 0 saturated heterocycles. The number of nitrogens with zero attached hydrogens (tertiary/aromatic N) is 1. The van der Waals surface area contributed by atoms with E-state index in [1.165, 1.54) is 6.92 Å². The molecule has 0 aliphatic heterocycles. The number of hydrazine groups is 1. The number of carbonyl (C=O) groups is 1. The van der Waals surface area contributed by atoms with Crippen molar-refractivity contribution in [2.75, 3.05) is 6.54 Å². The predicted octanol–water partition coefficient (Wildman–Crippen LogP) is -0.658. The number of hydrogen-bond acceptors (Lipinski definition) is 2. The van der Waals surface area contributed by atoms with E-state index in [-0.39, 0.29) is 12.5 Å². The number of carbonyl (C=O) groups excluding carboxylic acids is 1. The lowest BCUT2D eigenvalue weighted by molar-refractivity contribution is -0.128. The van der Waals surface area contributed by atoms with Crippen LogP contribution in [0.2, 0.25) is 0 Å². The number of hydrogen-bond donors (Lipinski definition) is 1. The fourth-order valence-electron chi connectivity index (χ4n) is 0.210. The van der Waals surface area contributed by atoms with Gasteiger partial charge in [0.2, 0.25) is 5.91 Å². The molecule has 0 heterocycles. The Morgan fingerprint density at radius 3 is 2.62 bits per heavy atom. The highest BCUT2D eigenvalue weighted by Gasteiger charge is 1.96. The van der Waals surface area contributed by atoms with Crippen molar-refractivity contribution in [3.63, 3.8) is 0 Å². The Bertz CT molecular complexity index is 125. The van der Waals surface area contributed by atoms with Gasteiger partial charge in [-0.1, -0.05) is 5.92 Å². The quantitative estimate of drug-likeness (QED) is 0.212. The van der Waals surface area contributed by atoms with E-state index in [0.717, 1.165) is 5.01 Å². The Hall–Kier alpha value is -1.01. The summed E-state index contributed by atoms with van der Waals surface area (Å²) in [4.78, 5) is 10.2. The molecule has 0 fully saturated rings. The van der Waals surface area contributed by atoms with E-state index in [4.69, 9.17) is 12.3 Å². The highest BCUT2D eigenvalue weighted by Crippen LogP contribution is 1.73. The summed E-state index contributed by atoms with van der Waals surface area (Å²) in [5.41, 5.74) is 0. The molecule has 0 unspecified atom stereocenters. The molecule has 0 saturated carbocycles. The van der Waals surface area contributed by atoms with Crippen molar-refractivity contribution in [1.82, 2.24) is 5.01 Å². The Labute approximate surface area is 48.4 Å². The molecule has 0 aliphatic rings. The smallest absolute Gasteiger partial charge is 0.234 e. The first kappa shape index (κ1) is 6.99. The van der Waals surface area contributed by atoms with E-state index >= 15 is 0 Å². The molecular weight excluding hydrogens is 104 g/mol. The van der Waals surface area contributed by atoms with Gasteiger partial charge in [0.05, 0.1) is 6.54 Å². The van der Waals surface area contributed by atoms with Crippen molar-refractivity contribution in [3.8, 4) is 12.3 Å². The normalized spacial score (nSPS) is 7.62. The second-order valence-corrected chi connectivity index (χ2v) is 1.35. The molecule has 0 bridgehead atoms. The first-order valence-electron chi connectivity index (χ1n) is 2.14. The van der Waals surface area contributed by atoms with E-state index in [9.17, 15) is 4.79 Å². The maximum Gasteiger partial charge on any atom is 0.234 e. The van der Waals surface area contributed by atoms with Gasteiger partial charge in [-0.05, 0) is 0 Å². The number of rotatable bonds is 1. The van der Waals surface area contributed by atoms with Crippen LogP contribution >= 0.6 is 0 Å². The zero-order valence-electron chi connectivity index (χ0n) is 4.72. The lowest BCUT2D eigenvalue weighted by atomic mass is 10.6. The minimum atomic E-state index is -0.219. The Morgan fingerprint density at radius 1 is 2.00 bits per heavy atom. The molecule has 0 aromatic rings. The fourth-order valence-corrected chi connectivity index (χ4v) is 0.210. The molecule has 0 aromatic carbocycles. The third kappa shape index (κ3) is 2.21. The van der Waals surface area contributed by atoms with Gasteiger partial charge in [-0.2, -0.15) is 0 Å². The first-order chi connectivity index (χ1) is 3.68. The van der Waals surface area contributed by atoms with E-state index < -0.39 is 0 Å². The van der Waals surface area contributed by atoms with E-state index in [1.807, 2.05) is 0 Å². The summed E-state index contributed by atoms with van der Waals surface area (Å²) in [6.07, 6.45) is 4.84. The maximum atomic E-state index is 10.2. The number of amides is 1. The van der Waals surface area contributed by atoms with Crippen LogP contribution < -0.4 is 5.84 Å². The van der Waals surface area contributed by atoms with Crippen molar-refractivity contribution in [2.24, 2.45) is 5.84 Å². The minimum absolute atomic E-state index is 0.176. The van der Waals surface area contributed by atoms with Gasteiger partial charge in [0.25, 0.3) is 0 Å². The molecule has 0 atom stereocenters. The fraction of sp³-hybridized carbons (Fsp3) is 0.400. The highest BCUT2D eigenvalue weighted by atomic mass is 16.2. The Kier molecular flexibility index (Phi) is 2.67. The van der Waals surface area contributed by atoms with Crippen LogP contribution in [0.3, 0.4) is 0 Å². The molecule has 0 spiro atoms. The Morgan fingerprint density at radius 2 is 2.50 bits per heavy atom. The second-order valence-electron chi connectivity index (χ2n) is 1.35. The van der Waals surface area contributed by atoms with Crippen LogP contribution in [0.5, 0.6) is 0 Å². The summed E-state index contributed by atoms with van der Waals surface area (Å²) in [5, 5.41) is 0.972. The molecule has 0 aliphatic carbocycles. The number of terminal acetylenes is 1. The molecular formula is C5H8N2O. The van der Waals surface area contributed by atoms with E-state index in [1.54, 1.807) is 0 Å². The third-order valence-electron chi connectivity index (χ3n) is 0.666. The van der Waals surface area contributed by atoms with Crippen molar-refractivity contribution < 1.29 is 4.79 Å². The van der Waals surface area contributed by atoms with Crippen LogP contribution in [0.4, 0.5) is 0 Å². The monoisotopic (exact) mass is 112 g/mol. The zero-order chi connectivity index (χ0) is 6.57. The van der Waals surface area contributed by atoms with Crippen LogP contribution in [0, 0.1) is 12.3 Å². The summed E-state index contributed by atoms with van der Waals surface area (Å²) < 4.78 is 0. The lowest BCUT2D eigenvalue weighted by Crippen LogP contribution is -2.35. The van der Waals surface area contributed by atoms with E-state index in [2.05, 4.69) is 5.92 Å². The molecule has 2 N–H and O–H groups in total. The van der Waals surface area contributed by atoms with Crippen LogP contribution in [-0.2, 0) is 4.79 Å². The van der Waals surface area contributed by atoms with Crippen LogP contribution in [0.25, 0.3) is 0 Å². The van der Waals surface area contributed by atoms with Gasteiger partial charge in [0.15, 0.2) is 0 Å². The van der Waals surface area contributed by atoms with Crippen molar-refractivity contribution >= 4 is 5.91 Å². The molecule has 0 radical (unpaired) electrons. The zero-order valence-corrected chi connectivity index (χ0v) is 4.72. The van der Waals surface area contributed by atoms with Crippen molar-refractivity contribution in [3.05, 3.63) is 0 Å². The maximum absolute atomic E-state index is 10.2. The minimum Gasteiger partial charge on any atom is -0.274 e. The molecule has 3 heteroatoms. The highest BCUT2D eigenvalue weighted by molar-refractivity contribution is 5.72. The van der Waals surface area contributed by atoms with Crippen molar-refractivity contribution in [2.45, 2.75) is 6.92 Å².